The minimum Gasteiger partial charge on any atom is -0.497 e. The van der Waals surface area contributed by atoms with Crippen molar-refractivity contribution in [3.63, 3.8) is 0 Å². The van der Waals surface area contributed by atoms with Gasteiger partial charge in [-0.25, -0.2) is 0 Å². The van der Waals surface area contributed by atoms with Crippen molar-refractivity contribution in [1.29, 1.82) is 0 Å². The molecule has 27 heavy (non-hydrogen) atoms. The van der Waals surface area contributed by atoms with Crippen LogP contribution in [0.15, 0.2) is 54.6 Å². The normalized spacial score (nSPS) is 11.1. The Balaban J connectivity index is 0.00000364. The molecule has 2 amide bonds. The summed E-state index contributed by atoms with van der Waals surface area (Å²) in [5, 5.41) is 2.79. The maximum absolute atomic E-state index is 12.8. The Morgan fingerprint density at radius 2 is 1.85 bits per heavy atom. The van der Waals surface area contributed by atoms with E-state index < -0.39 is 5.92 Å². The fraction of sp³-hybridized carbons (Fsp3) is 0.300. The Labute approximate surface area is 166 Å². The van der Waals surface area contributed by atoms with Crippen LogP contribution < -0.4 is 15.8 Å². The fourth-order valence-electron chi connectivity index (χ4n) is 2.71. The number of methoxy groups -OCH3 is 1. The molecule has 2 aromatic carbocycles. The minimum absolute atomic E-state index is 0. The highest BCUT2D eigenvalue weighted by molar-refractivity contribution is 5.95. The van der Waals surface area contributed by atoms with E-state index in [1.165, 1.54) is 4.90 Å². The van der Waals surface area contributed by atoms with Gasteiger partial charge in [0.1, 0.15) is 5.75 Å². The number of rotatable bonds is 8. The Bertz CT molecular complexity index is 740. The van der Waals surface area contributed by atoms with Gasteiger partial charge in [-0.2, -0.15) is 0 Å². The minimum atomic E-state index is -0.458. The van der Waals surface area contributed by atoms with E-state index >= 15 is 0 Å². The molecule has 0 saturated carbocycles. The van der Waals surface area contributed by atoms with Crippen molar-refractivity contribution in [2.75, 3.05) is 32.1 Å². The maximum Gasteiger partial charge on any atom is 0.243 e. The number of likely N-dealkylation sites (N-methyl/N-ethyl adjacent to an activating group) is 1. The van der Waals surface area contributed by atoms with Crippen LogP contribution in [0, 0.1) is 0 Å². The highest BCUT2D eigenvalue weighted by Crippen LogP contribution is 2.19. The number of ether oxygens (including phenoxy) is 1. The first-order valence-corrected chi connectivity index (χ1v) is 8.56. The fourth-order valence-corrected chi connectivity index (χ4v) is 2.71. The van der Waals surface area contributed by atoms with E-state index in [1.54, 1.807) is 31.4 Å². The van der Waals surface area contributed by atoms with E-state index in [2.05, 4.69) is 5.32 Å². The van der Waals surface area contributed by atoms with Crippen LogP contribution in [0.2, 0.25) is 0 Å². The summed E-state index contributed by atoms with van der Waals surface area (Å²) in [6, 6.07) is 16.5. The van der Waals surface area contributed by atoms with E-state index in [0.29, 0.717) is 18.0 Å². The highest BCUT2D eigenvalue weighted by atomic mass is 35.5. The molecule has 0 fully saturated rings. The topological polar surface area (TPSA) is 84.7 Å². The molecule has 0 saturated heterocycles. The molecule has 146 valence electrons. The molecule has 0 heterocycles. The van der Waals surface area contributed by atoms with E-state index in [-0.39, 0.29) is 37.3 Å². The van der Waals surface area contributed by atoms with Gasteiger partial charge in [-0.05, 0) is 24.6 Å². The van der Waals surface area contributed by atoms with E-state index in [1.807, 2.05) is 37.3 Å². The zero-order valence-electron chi connectivity index (χ0n) is 15.6. The predicted octanol–water partition coefficient (Wildman–Crippen LogP) is 2.65. The van der Waals surface area contributed by atoms with E-state index in [0.717, 1.165) is 5.56 Å². The lowest BCUT2D eigenvalue weighted by atomic mass is 9.97. The van der Waals surface area contributed by atoms with Crippen LogP contribution in [0.4, 0.5) is 5.69 Å². The van der Waals surface area contributed by atoms with Crippen molar-refractivity contribution in [3.05, 3.63) is 60.2 Å². The number of nitrogens with one attached hydrogen (secondary N) is 1. The Morgan fingerprint density at radius 3 is 2.44 bits per heavy atom. The van der Waals surface area contributed by atoms with Crippen LogP contribution in [0.1, 0.15) is 18.4 Å². The van der Waals surface area contributed by atoms with Crippen molar-refractivity contribution >= 4 is 29.9 Å². The van der Waals surface area contributed by atoms with Gasteiger partial charge in [-0.15, -0.1) is 12.4 Å². The number of anilines is 1. The van der Waals surface area contributed by atoms with Gasteiger partial charge < -0.3 is 20.7 Å². The van der Waals surface area contributed by atoms with Gasteiger partial charge in [-0.3, -0.25) is 9.59 Å². The summed E-state index contributed by atoms with van der Waals surface area (Å²) in [6.45, 7) is 2.43. The number of carbonyl (C=O) groups is 2. The second-order valence-electron chi connectivity index (χ2n) is 5.83. The molecule has 0 radical (unpaired) electrons. The number of nitrogens with two attached hydrogens (primary N) is 1. The van der Waals surface area contributed by atoms with Gasteiger partial charge in [-0.1, -0.05) is 36.4 Å². The summed E-state index contributed by atoms with van der Waals surface area (Å²) in [4.78, 5) is 26.7. The molecule has 1 unspecified atom stereocenters. The lowest BCUT2D eigenvalue weighted by molar-refractivity contribution is -0.135. The van der Waals surface area contributed by atoms with Crippen molar-refractivity contribution in [1.82, 2.24) is 4.90 Å². The van der Waals surface area contributed by atoms with E-state index in [9.17, 15) is 9.59 Å². The molecule has 7 heteroatoms. The number of hydrogen-bond acceptors (Lipinski definition) is 4. The van der Waals surface area contributed by atoms with Crippen molar-refractivity contribution < 1.29 is 14.3 Å². The highest BCUT2D eigenvalue weighted by Gasteiger charge is 2.25. The largest absolute Gasteiger partial charge is 0.497 e. The van der Waals surface area contributed by atoms with Crippen molar-refractivity contribution in [2.24, 2.45) is 5.73 Å². The van der Waals surface area contributed by atoms with Gasteiger partial charge in [0.2, 0.25) is 11.8 Å². The predicted molar refractivity (Wildman–Crippen MR) is 109 cm³/mol. The molecule has 0 aromatic heterocycles. The Kier molecular flexibility index (Phi) is 9.33. The first-order chi connectivity index (χ1) is 12.6. The van der Waals surface area contributed by atoms with Gasteiger partial charge in [0, 0.05) is 24.8 Å². The average molecular weight is 392 g/mol. The van der Waals surface area contributed by atoms with Crippen LogP contribution >= 0.6 is 12.4 Å². The number of amides is 2. The average Bonchev–Trinajstić information content (AvgIpc) is 2.67. The van der Waals surface area contributed by atoms with Gasteiger partial charge in [0.25, 0.3) is 0 Å². The summed E-state index contributed by atoms with van der Waals surface area (Å²) in [5.41, 5.74) is 7.30. The van der Waals surface area contributed by atoms with Crippen LogP contribution in [0.5, 0.6) is 5.75 Å². The third-order valence-electron chi connectivity index (χ3n) is 4.12. The number of carbonyl (C=O) groups excluding carboxylic acids is 2. The zero-order chi connectivity index (χ0) is 18.9. The molecule has 0 aliphatic rings. The summed E-state index contributed by atoms with van der Waals surface area (Å²) < 4.78 is 5.14. The molecule has 1 atom stereocenters. The molecule has 0 aliphatic heterocycles. The van der Waals surface area contributed by atoms with Crippen LogP contribution in [0.3, 0.4) is 0 Å². The zero-order valence-corrected chi connectivity index (χ0v) is 16.4. The Morgan fingerprint density at radius 1 is 1.15 bits per heavy atom. The molecular formula is C20H26ClN3O3. The lowest BCUT2D eigenvalue weighted by Crippen LogP contribution is -2.42. The molecule has 3 N–H and O–H groups in total. The molecule has 0 aliphatic carbocycles. The van der Waals surface area contributed by atoms with E-state index in [4.69, 9.17) is 10.5 Å². The van der Waals surface area contributed by atoms with Crippen LogP contribution in [0.25, 0.3) is 0 Å². The first-order valence-electron chi connectivity index (χ1n) is 8.56. The quantitative estimate of drug-likeness (QED) is 0.724. The lowest BCUT2D eigenvalue weighted by Gasteiger charge is -2.25. The first kappa shape index (κ1) is 22.5. The monoisotopic (exact) mass is 391 g/mol. The van der Waals surface area contributed by atoms with Gasteiger partial charge in [0.15, 0.2) is 0 Å². The standard InChI is InChI=1S/C20H25N3O3.ClH/c1-3-23(20(25)18(13-21)15-8-5-4-6-9-15)14-19(24)22-16-10-7-11-17(12-16)26-2;/h4-12,18H,3,13-14,21H2,1-2H3,(H,22,24);1H. The van der Waals surface area contributed by atoms with Gasteiger partial charge >= 0.3 is 0 Å². The number of hydrogen-bond donors (Lipinski definition) is 2. The molecule has 0 spiro atoms. The van der Waals surface area contributed by atoms with Crippen LogP contribution in [-0.2, 0) is 9.59 Å². The summed E-state index contributed by atoms with van der Waals surface area (Å²) in [5.74, 6) is -0.224. The third kappa shape index (κ3) is 6.27. The summed E-state index contributed by atoms with van der Waals surface area (Å²) in [6.07, 6.45) is 0. The van der Waals surface area contributed by atoms with Crippen molar-refractivity contribution in [3.8, 4) is 5.75 Å². The maximum atomic E-state index is 12.8. The molecule has 2 aromatic rings. The molecule has 0 bridgehead atoms. The summed E-state index contributed by atoms with van der Waals surface area (Å²) >= 11 is 0. The molecular weight excluding hydrogens is 366 g/mol. The number of nitrogens with zero attached hydrogens (tertiary/aromatic N) is 1. The molecule has 6 nitrogen and oxygen atoms in total. The molecule has 2 rings (SSSR count). The SMILES string of the molecule is CCN(CC(=O)Nc1cccc(OC)c1)C(=O)C(CN)c1ccccc1.Cl. The second kappa shape index (κ2) is 11.2. The van der Waals surface area contributed by atoms with Crippen molar-refractivity contribution in [2.45, 2.75) is 12.8 Å². The summed E-state index contributed by atoms with van der Waals surface area (Å²) in [7, 11) is 1.56. The number of benzene rings is 2. The Hall–Kier alpha value is -2.57. The van der Waals surface area contributed by atoms with Gasteiger partial charge in [0.05, 0.1) is 19.6 Å². The second-order valence-corrected chi connectivity index (χ2v) is 5.83. The number of halogens is 1. The third-order valence-corrected chi connectivity index (χ3v) is 4.12. The van der Waals surface area contributed by atoms with Crippen LogP contribution in [-0.4, -0.2) is 43.5 Å². The smallest absolute Gasteiger partial charge is 0.243 e.